The molecule has 0 spiro atoms. The van der Waals surface area contributed by atoms with Crippen molar-refractivity contribution < 1.29 is 4.74 Å². The van der Waals surface area contributed by atoms with Crippen LogP contribution in [0.4, 0.5) is 0 Å². The molecule has 0 aliphatic rings. The molecule has 5 nitrogen and oxygen atoms in total. The third-order valence-electron chi connectivity index (χ3n) is 1.65. The number of hydrogen-bond acceptors (Lipinski definition) is 3. The monoisotopic (exact) mass is 260 g/mol. The van der Waals surface area contributed by atoms with Crippen LogP contribution in [0.1, 0.15) is 5.56 Å². The molecule has 16 heavy (non-hydrogen) atoms. The summed E-state index contributed by atoms with van der Waals surface area (Å²) in [7, 11) is 1.52. The van der Waals surface area contributed by atoms with Crippen molar-refractivity contribution in [2.24, 2.45) is 21.7 Å². The maximum absolute atomic E-state index is 5.96. The van der Waals surface area contributed by atoms with E-state index in [0.717, 1.165) is 0 Å². The molecule has 0 aliphatic carbocycles. The molecule has 0 bridgehead atoms. The lowest BCUT2D eigenvalue weighted by atomic mass is 10.2. The van der Waals surface area contributed by atoms with Gasteiger partial charge in [0.05, 0.1) is 23.4 Å². The number of halogens is 2. The molecular weight excluding hydrogens is 251 g/mol. The number of methoxy groups -OCH3 is 1. The Kier molecular flexibility index (Phi) is 4.39. The Labute approximate surface area is 103 Å². The molecular formula is C9H10Cl2N4O. The predicted molar refractivity (Wildman–Crippen MR) is 66.4 cm³/mol. The summed E-state index contributed by atoms with van der Waals surface area (Å²) in [5, 5.41) is 7.86. The highest BCUT2D eigenvalue weighted by Crippen LogP contribution is 2.28. The number of guanidine groups is 1. The summed E-state index contributed by atoms with van der Waals surface area (Å²) in [6.07, 6.45) is 1.36. The van der Waals surface area contributed by atoms with E-state index in [9.17, 15) is 0 Å². The predicted octanol–water partition coefficient (Wildman–Crippen LogP) is 1.61. The second-order valence-corrected chi connectivity index (χ2v) is 3.59. The quantitative estimate of drug-likeness (QED) is 0.492. The van der Waals surface area contributed by atoms with Gasteiger partial charge in [-0.25, -0.2) is 0 Å². The molecule has 1 aromatic carbocycles. The first-order valence-corrected chi connectivity index (χ1v) is 4.95. The summed E-state index contributed by atoms with van der Waals surface area (Å²) in [6.45, 7) is 0. The van der Waals surface area contributed by atoms with Gasteiger partial charge in [-0.05, 0) is 12.1 Å². The van der Waals surface area contributed by atoms with Gasteiger partial charge in [-0.2, -0.15) is 5.10 Å². The molecule has 0 radical (unpaired) electrons. The van der Waals surface area contributed by atoms with Crippen LogP contribution in [0.2, 0.25) is 10.0 Å². The van der Waals surface area contributed by atoms with E-state index < -0.39 is 0 Å². The van der Waals surface area contributed by atoms with Gasteiger partial charge in [0.1, 0.15) is 5.75 Å². The Hall–Kier alpha value is -1.46. The lowest BCUT2D eigenvalue weighted by molar-refractivity contribution is 0.415. The summed E-state index contributed by atoms with van der Waals surface area (Å²) in [6, 6.07) is 3.23. The molecule has 0 fully saturated rings. The lowest BCUT2D eigenvalue weighted by Gasteiger charge is -2.04. The molecule has 0 saturated heterocycles. The van der Waals surface area contributed by atoms with Crippen molar-refractivity contribution in [3.05, 3.63) is 27.7 Å². The number of rotatable bonds is 3. The fourth-order valence-corrected chi connectivity index (χ4v) is 1.52. The minimum Gasteiger partial charge on any atom is -0.497 e. The van der Waals surface area contributed by atoms with Crippen LogP contribution in [0.15, 0.2) is 22.3 Å². The van der Waals surface area contributed by atoms with Crippen molar-refractivity contribution in [2.75, 3.05) is 7.11 Å². The highest BCUT2D eigenvalue weighted by molar-refractivity contribution is 6.38. The molecule has 1 rings (SSSR count). The number of benzene rings is 1. The van der Waals surface area contributed by atoms with Crippen molar-refractivity contribution >= 4 is 35.4 Å². The van der Waals surface area contributed by atoms with E-state index in [-0.39, 0.29) is 5.96 Å². The van der Waals surface area contributed by atoms with Crippen molar-refractivity contribution in [2.45, 2.75) is 0 Å². The molecule has 4 N–H and O–H groups in total. The second kappa shape index (κ2) is 5.58. The number of ether oxygens (including phenoxy) is 1. The van der Waals surface area contributed by atoms with E-state index in [1.165, 1.54) is 13.3 Å². The minimum absolute atomic E-state index is 0.142. The summed E-state index contributed by atoms with van der Waals surface area (Å²) in [4.78, 5) is 0. The van der Waals surface area contributed by atoms with Gasteiger partial charge in [-0.15, -0.1) is 5.10 Å². The Balaban J connectivity index is 3.06. The zero-order valence-electron chi connectivity index (χ0n) is 8.45. The molecule has 1 aromatic rings. The van der Waals surface area contributed by atoms with Crippen LogP contribution >= 0.6 is 23.2 Å². The number of hydrogen-bond donors (Lipinski definition) is 2. The fourth-order valence-electron chi connectivity index (χ4n) is 0.955. The summed E-state index contributed by atoms with van der Waals surface area (Å²) in [5.74, 6) is 0.422. The van der Waals surface area contributed by atoms with E-state index in [1.54, 1.807) is 12.1 Å². The third kappa shape index (κ3) is 3.29. The standard InChI is InChI=1S/C9H10Cl2N4O/c1-16-5-2-7(10)6(8(11)3-5)4-14-15-9(12)13/h2-4H,1H3,(H4,12,13,15)/b14-4+. The SMILES string of the molecule is COc1cc(Cl)c(/C=N/N=C(N)N)c(Cl)c1. The average Bonchev–Trinajstić information content (AvgIpc) is 2.21. The van der Waals surface area contributed by atoms with E-state index in [0.29, 0.717) is 21.4 Å². The van der Waals surface area contributed by atoms with Gasteiger partial charge in [0.2, 0.25) is 5.96 Å². The Morgan fingerprint density at radius 1 is 1.31 bits per heavy atom. The first-order valence-electron chi connectivity index (χ1n) is 4.19. The fraction of sp³-hybridized carbons (Fsp3) is 0.111. The average molecular weight is 261 g/mol. The van der Waals surface area contributed by atoms with Gasteiger partial charge in [0.15, 0.2) is 0 Å². The van der Waals surface area contributed by atoms with Gasteiger partial charge >= 0.3 is 0 Å². The van der Waals surface area contributed by atoms with Crippen molar-refractivity contribution in [1.29, 1.82) is 0 Å². The Morgan fingerprint density at radius 3 is 2.31 bits per heavy atom. The van der Waals surface area contributed by atoms with Crippen LogP contribution < -0.4 is 16.2 Å². The molecule has 0 aliphatic heterocycles. The van der Waals surface area contributed by atoms with Gasteiger partial charge in [0, 0.05) is 5.56 Å². The molecule has 0 amide bonds. The van der Waals surface area contributed by atoms with E-state index in [2.05, 4.69) is 10.2 Å². The molecule has 0 saturated carbocycles. The molecule has 0 aromatic heterocycles. The lowest BCUT2D eigenvalue weighted by Crippen LogP contribution is -2.21. The molecule has 0 unspecified atom stereocenters. The van der Waals surface area contributed by atoms with E-state index >= 15 is 0 Å². The highest BCUT2D eigenvalue weighted by Gasteiger charge is 2.06. The van der Waals surface area contributed by atoms with Crippen LogP contribution in [-0.4, -0.2) is 19.3 Å². The van der Waals surface area contributed by atoms with Gasteiger partial charge in [-0.1, -0.05) is 23.2 Å². The first-order chi connectivity index (χ1) is 7.54. The van der Waals surface area contributed by atoms with Crippen LogP contribution in [0, 0.1) is 0 Å². The summed E-state index contributed by atoms with van der Waals surface area (Å²) in [5.41, 5.74) is 10.7. The van der Waals surface area contributed by atoms with Crippen LogP contribution in [0.3, 0.4) is 0 Å². The van der Waals surface area contributed by atoms with Crippen LogP contribution in [0.5, 0.6) is 5.75 Å². The Bertz CT molecular complexity index is 418. The highest BCUT2D eigenvalue weighted by atomic mass is 35.5. The largest absolute Gasteiger partial charge is 0.497 e. The normalized spacial score (nSPS) is 10.4. The zero-order valence-corrected chi connectivity index (χ0v) is 9.96. The summed E-state index contributed by atoms with van der Waals surface area (Å²) >= 11 is 11.9. The topological polar surface area (TPSA) is 86.0 Å². The summed E-state index contributed by atoms with van der Waals surface area (Å²) < 4.78 is 4.99. The molecule has 0 heterocycles. The van der Waals surface area contributed by atoms with Crippen molar-refractivity contribution in [3.8, 4) is 5.75 Å². The maximum Gasteiger partial charge on any atom is 0.211 e. The minimum atomic E-state index is -0.142. The van der Waals surface area contributed by atoms with E-state index in [1.807, 2.05) is 0 Å². The molecule has 7 heteroatoms. The zero-order chi connectivity index (χ0) is 12.1. The smallest absolute Gasteiger partial charge is 0.211 e. The second-order valence-electron chi connectivity index (χ2n) is 2.77. The number of nitrogens with zero attached hydrogens (tertiary/aromatic N) is 2. The van der Waals surface area contributed by atoms with Crippen molar-refractivity contribution in [3.63, 3.8) is 0 Å². The van der Waals surface area contributed by atoms with Crippen LogP contribution in [-0.2, 0) is 0 Å². The van der Waals surface area contributed by atoms with Gasteiger partial charge < -0.3 is 16.2 Å². The maximum atomic E-state index is 5.96. The van der Waals surface area contributed by atoms with Gasteiger partial charge in [-0.3, -0.25) is 0 Å². The van der Waals surface area contributed by atoms with E-state index in [4.69, 9.17) is 39.4 Å². The Morgan fingerprint density at radius 2 is 1.88 bits per heavy atom. The van der Waals surface area contributed by atoms with Crippen molar-refractivity contribution in [1.82, 2.24) is 0 Å². The van der Waals surface area contributed by atoms with Crippen LogP contribution in [0.25, 0.3) is 0 Å². The van der Waals surface area contributed by atoms with Gasteiger partial charge in [0.25, 0.3) is 0 Å². The molecule has 86 valence electrons. The number of nitrogens with two attached hydrogens (primary N) is 2. The first kappa shape index (κ1) is 12.6. The third-order valence-corrected chi connectivity index (χ3v) is 2.27. The molecule has 0 atom stereocenters.